The average Bonchev–Trinajstić information content (AvgIpc) is 2.88. The van der Waals surface area contributed by atoms with Gasteiger partial charge in [0, 0.05) is 44.0 Å². The second-order valence-electron chi connectivity index (χ2n) is 5.67. The van der Waals surface area contributed by atoms with Crippen LogP contribution in [0.3, 0.4) is 0 Å². The maximum absolute atomic E-state index is 11.1. The van der Waals surface area contributed by atoms with Crippen molar-refractivity contribution in [3.8, 4) is 0 Å². The van der Waals surface area contributed by atoms with E-state index in [9.17, 15) is 4.79 Å². The molecule has 0 spiro atoms. The van der Waals surface area contributed by atoms with E-state index in [1.165, 1.54) is 0 Å². The molecular formula is C16H23Cl2N5O. The summed E-state index contributed by atoms with van der Waals surface area (Å²) in [6, 6.07) is 5.46. The molecule has 1 atom stereocenters. The van der Waals surface area contributed by atoms with Gasteiger partial charge in [0.05, 0.1) is 17.1 Å². The molecule has 2 rings (SSSR count). The van der Waals surface area contributed by atoms with Crippen LogP contribution in [0.4, 0.5) is 5.69 Å². The zero-order valence-corrected chi connectivity index (χ0v) is 15.2. The first-order valence-electron chi connectivity index (χ1n) is 7.85. The molecule has 0 radical (unpaired) electrons. The Morgan fingerprint density at radius 2 is 2.00 bits per heavy atom. The molecule has 24 heavy (non-hydrogen) atoms. The summed E-state index contributed by atoms with van der Waals surface area (Å²) in [5.74, 6) is 1.45. The number of rotatable bonds is 9. The normalized spacial score (nSPS) is 12.5. The van der Waals surface area contributed by atoms with E-state index < -0.39 is 11.9 Å². The summed E-state index contributed by atoms with van der Waals surface area (Å²) in [7, 11) is 1.95. The number of anilines is 1. The Labute approximate surface area is 151 Å². The van der Waals surface area contributed by atoms with Gasteiger partial charge in [-0.15, -0.1) is 23.2 Å². The van der Waals surface area contributed by atoms with E-state index >= 15 is 0 Å². The maximum atomic E-state index is 11.1. The highest BCUT2D eigenvalue weighted by atomic mass is 35.5. The van der Waals surface area contributed by atoms with Crippen molar-refractivity contribution in [2.24, 2.45) is 18.5 Å². The fourth-order valence-corrected chi connectivity index (χ4v) is 3.07. The van der Waals surface area contributed by atoms with Crippen LogP contribution in [0.5, 0.6) is 0 Å². The molecule has 4 N–H and O–H groups in total. The number of amides is 1. The summed E-state index contributed by atoms with van der Waals surface area (Å²) in [6.07, 6.45) is 1.07. The molecule has 0 bridgehead atoms. The third kappa shape index (κ3) is 4.32. The van der Waals surface area contributed by atoms with Gasteiger partial charge in [-0.2, -0.15) is 0 Å². The quantitative estimate of drug-likeness (QED) is 0.655. The van der Waals surface area contributed by atoms with E-state index in [4.69, 9.17) is 34.7 Å². The number of halogens is 2. The number of hydrogen-bond acceptors (Lipinski definition) is 4. The Hall–Kier alpha value is -1.50. The highest BCUT2D eigenvalue weighted by Gasteiger charge is 2.14. The van der Waals surface area contributed by atoms with Crippen molar-refractivity contribution in [3.05, 3.63) is 24.0 Å². The van der Waals surface area contributed by atoms with Crippen LogP contribution in [-0.2, 0) is 18.3 Å². The lowest BCUT2D eigenvalue weighted by Gasteiger charge is -2.22. The predicted molar refractivity (Wildman–Crippen MR) is 99.9 cm³/mol. The summed E-state index contributed by atoms with van der Waals surface area (Å²) in [5, 5.41) is 0. The zero-order chi connectivity index (χ0) is 17.7. The third-order valence-corrected chi connectivity index (χ3v) is 4.41. The van der Waals surface area contributed by atoms with E-state index in [2.05, 4.69) is 9.88 Å². The predicted octanol–water partition coefficient (Wildman–Crippen LogP) is 1.60. The number of imidazole rings is 1. The molecule has 0 saturated carbocycles. The molecule has 1 aromatic heterocycles. The van der Waals surface area contributed by atoms with Gasteiger partial charge in [-0.05, 0) is 24.6 Å². The van der Waals surface area contributed by atoms with Crippen LogP contribution in [0.1, 0.15) is 12.2 Å². The summed E-state index contributed by atoms with van der Waals surface area (Å²) in [5.41, 5.74) is 13.9. The molecule has 0 aliphatic heterocycles. The second-order valence-corrected chi connectivity index (χ2v) is 6.43. The SMILES string of the molecule is Cn1c(CCC(N)C(N)=O)nc2cc(N(CCCl)CCCl)ccc21. The summed E-state index contributed by atoms with van der Waals surface area (Å²) < 4.78 is 2.01. The van der Waals surface area contributed by atoms with Crippen LogP contribution in [-0.4, -0.2) is 46.3 Å². The van der Waals surface area contributed by atoms with Crippen LogP contribution in [0, 0.1) is 0 Å². The Morgan fingerprint density at radius 3 is 2.58 bits per heavy atom. The highest BCUT2D eigenvalue weighted by Crippen LogP contribution is 2.23. The minimum atomic E-state index is -0.650. The fraction of sp³-hybridized carbons (Fsp3) is 0.500. The molecule has 2 aromatic rings. The molecular weight excluding hydrogens is 349 g/mol. The van der Waals surface area contributed by atoms with Crippen molar-refractivity contribution in [2.45, 2.75) is 18.9 Å². The van der Waals surface area contributed by atoms with Gasteiger partial charge >= 0.3 is 0 Å². The highest BCUT2D eigenvalue weighted by molar-refractivity contribution is 6.18. The fourth-order valence-electron chi connectivity index (χ4n) is 2.66. The molecule has 0 aliphatic rings. The zero-order valence-electron chi connectivity index (χ0n) is 13.7. The Balaban J connectivity index is 2.25. The van der Waals surface area contributed by atoms with Crippen LogP contribution >= 0.6 is 23.2 Å². The van der Waals surface area contributed by atoms with Gasteiger partial charge in [-0.1, -0.05) is 0 Å². The molecule has 132 valence electrons. The molecule has 8 heteroatoms. The van der Waals surface area contributed by atoms with Gasteiger partial charge in [0.15, 0.2) is 0 Å². The second kappa shape index (κ2) is 8.55. The van der Waals surface area contributed by atoms with Crippen molar-refractivity contribution in [3.63, 3.8) is 0 Å². The minimum absolute atomic E-state index is 0.476. The number of nitrogens with zero attached hydrogens (tertiary/aromatic N) is 3. The van der Waals surface area contributed by atoms with Gasteiger partial charge in [-0.25, -0.2) is 4.98 Å². The number of primary amides is 1. The van der Waals surface area contributed by atoms with Crippen molar-refractivity contribution < 1.29 is 4.79 Å². The Bertz CT molecular complexity index is 697. The number of hydrogen-bond donors (Lipinski definition) is 2. The van der Waals surface area contributed by atoms with Crippen molar-refractivity contribution in [1.82, 2.24) is 9.55 Å². The number of benzene rings is 1. The molecule has 0 aliphatic carbocycles. The van der Waals surface area contributed by atoms with E-state index in [-0.39, 0.29) is 0 Å². The van der Waals surface area contributed by atoms with Crippen LogP contribution in [0.25, 0.3) is 11.0 Å². The Kier molecular flexibility index (Phi) is 6.71. The van der Waals surface area contributed by atoms with Crippen molar-refractivity contribution >= 4 is 45.8 Å². The molecule has 1 heterocycles. The summed E-state index contributed by atoms with van der Waals surface area (Å²) in [4.78, 5) is 17.9. The van der Waals surface area contributed by atoms with E-state index in [0.717, 1.165) is 35.6 Å². The number of aromatic nitrogens is 2. The van der Waals surface area contributed by atoms with E-state index in [1.54, 1.807) is 0 Å². The average molecular weight is 372 g/mol. The first-order chi connectivity index (χ1) is 11.5. The standard InChI is InChI=1S/C16H23Cl2N5O/c1-22-14-4-2-11(23(8-6-17)9-7-18)10-13(14)21-15(22)5-3-12(19)16(20)24/h2,4,10,12H,3,5-9,19H2,1H3,(H2,20,24). The number of carbonyl (C=O) groups is 1. The summed E-state index contributed by atoms with van der Waals surface area (Å²) in [6.45, 7) is 1.46. The van der Waals surface area contributed by atoms with Gasteiger partial charge in [0.1, 0.15) is 5.82 Å². The number of carbonyl (C=O) groups excluding carboxylic acids is 1. The topological polar surface area (TPSA) is 90.2 Å². The maximum Gasteiger partial charge on any atom is 0.234 e. The number of alkyl halides is 2. The molecule has 0 fully saturated rings. The molecule has 1 amide bonds. The van der Waals surface area contributed by atoms with Crippen LogP contribution < -0.4 is 16.4 Å². The van der Waals surface area contributed by atoms with Gasteiger partial charge in [0.25, 0.3) is 0 Å². The van der Waals surface area contributed by atoms with Crippen LogP contribution in [0.2, 0.25) is 0 Å². The number of aryl methyl sites for hydroxylation is 2. The third-order valence-electron chi connectivity index (χ3n) is 4.08. The lowest BCUT2D eigenvalue weighted by molar-refractivity contribution is -0.119. The Morgan fingerprint density at radius 1 is 1.33 bits per heavy atom. The number of fused-ring (bicyclic) bond motifs is 1. The molecule has 1 unspecified atom stereocenters. The van der Waals surface area contributed by atoms with Gasteiger partial charge in [0.2, 0.25) is 5.91 Å². The molecule has 6 nitrogen and oxygen atoms in total. The van der Waals surface area contributed by atoms with Crippen LogP contribution in [0.15, 0.2) is 18.2 Å². The first kappa shape index (κ1) is 18.8. The van der Waals surface area contributed by atoms with Gasteiger partial charge in [-0.3, -0.25) is 4.79 Å². The monoisotopic (exact) mass is 371 g/mol. The largest absolute Gasteiger partial charge is 0.369 e. The first-order valence-corrected chi connectivity index (χ1v) is 8.92. The van der Waals surface area contributed by atoms with E-state index in [0.29, 0.717) is 24.6 Å². The number of nitrogens with two attached hydrogens (primary N) is 2. The molecule has 0 saturated heterocycles. The smallest absolute Gasteiger partial charge is 0.234 e. The van der Waals surface area contributed by atoms with Crippen molar-refractivity contribution in [1.29, 1.82) is 0 Å². The minimum Gasteiger partial charge on any atom is -0.369 e. The van der Waals surface area contributed by atoms with E-state index in [1.807, 2.05) is 29.8 Å². The van der Waals surface area contributed by atoms with Crippen molar-refractivity contribution in [2.75, 3.05) is 29.7 Å². The van der Waals surface area contributed by atoms with Gasteiger partial charge < -0.3 is 20.9 Å². The lowest BCUT2D eigenvalue weighted by Crippen LogP contribution is -2.36. The molecule has 1 aromatic carbocycles. The lowest BCUT2D eigenvalue weighted by atomic mass is 10.1. The summed E-state index contributed by atoms with van der Waals surface area (Å²) >= 11 is 11.7.